The Bertz CT molecular complexity index is 948. The Morgan fingerprint density at radius 2 is 1.93 bits per heavy atom. The number of nitrogens with one attached hydrogen (secondary N) is 1. The van der Waals surface area contributed by atoms with E-state index in [2.05, 4.69) is 20.2 Å². The van der Waals surface area contributed by atoms with Crippen molar-refractivity contribution in [2.45, 2.75) is 19.8 Å². The summed E-state index contributed by atoms with van der Waals surface area (Å²) in [6.45, 7) is 1.99. The second-order valence-corrected chi connectivity index (χ2v) is 6.00. The number of anilines is 1. The molecule has 0 aliphatic heterocycles. The van der Waals surface area contributed by atoms with Gasteiger partial charge in [-0.1, -0.05) is 28.9 Å². The predicted molar refractivity (Wildman–Crippen MR) is 99.2 cm³/mol. The summed E-state index contributed by atoms with van der Waals surface area (Å²) in [5, 5.41) is 6.72. The van der Waals surface area contributed by atoms with E-state index in [-0.39, 0.29) is 12.3 Å². The highest BCUT2D eigenvalue weighted by molar-refractivity contribution is 5.93. The van der Waals surface area contributed by atoms with Crippen molar-refractivity contribution < 1.29 is 18.8 Å². The fourth-order valence-corrected chi connectivity index (χ4v) is 2.51. The van der Waals surface area contributed by atoms with Crippen molar-refractivity contribution in [2.24, 2.45) is 0 Å². The van der Waals surface area contributed by atoms with Gasteiger partial charge in [0.25, 0.3) is 0 Å². The highest BCUT2D eigenvalue weighted by Gasteiger charge is 2.11. The van der Waals surface area contributed by atoms with Gasteiger partial charge in [-0.15, -0.1) is 0 Å². The molecule has 0 bridgehead atoms. The Hall–Kier alpha value is -3.48. The maximum absolute atomic E-state index is 12.1. The smallest absolute Gasteiger partial charge is 0.337 e. The second kappa shape index (κ2) is 8.27. The quantitative estimate of drug-likeness (QED) is 0.673. The third kappa shape index (κ3) is 4.78. The normalized spacial score (nSPS) is 10.4. The number of carbonyl (C=O) groups excluding carboxylic acids is 2. The van der Waals surface area contributed by atoms with Crippen LogP contribution < -0.4 is 5.32 Å². The van der Waals surface area contributed by atoms with Gasteiger partial charge in [0.05, 0.1) is 12.7 Å². The van der Waals surface area contributed by atoms with Crippen molar-refractivity contribution in [1.82, 2.24) is 10.1 Å². The molecule has 1 amide bonds. The topological polar surface area (TPSA) is 94.3 Å². The van der Waals surface area contributed by atoms with Crippen LogP contribution in [0.2, 0.25) is 0 Å². The first-order chi connectivity index (χ1) is 13.0. The number of carbonyl (C=O) groups is 2. The number of esters is 1. The van der Waals surface area contributed by atoms with Gasteiger partial charge in [0.1, 0.15) is 0 Å². The molecule has 0 aliphatic carbocycles. The number of nitrogens with zero attached hydrogens (tertiary/aromatic N) is 2. The number of hydrogen-bond acceptors (Lipinski definition) is 6. The summed E-state index contributed by atoms with van der Waals surface area (Å²) >= 11 is 0. The van der Waals surface area contributed by atoms with Crippen LogP contribution in [0.5, 0.6) is 0 Å². The summed E-state index contributed by atoms with van der Waals surface area (Å²) in [6.07, 6.45) is 0.541. The van der Waals surface area contributed by atoms with Crippen LogP contribution in [-0.2, 0) is 16.0 Å². The first-order valence-corrected chi connectivity index (χ1v) is 8.43. The van der Waals surface area contributed by atoms with Gasteiger partial charge in [-0.05, 0) is 37.3 Å². The molecular weight excluding hydrogens is 346 g/mol. The van der Waals surface area contributed by atoms with Crippen LogP contribution in [0.15, 0.2) is 53.1 Å². The maximum atomic E-state index is 12.1. The number of benzene rings is 2. The van der Waals surface area contributed by atoms with Gasteiger partial charge in [-0.3, -0.25) is 4.79 Å². The summed E-state index contributed by atoms with van der Waals surface area (Å²) in [5.41, 5.74) is 3.00. The molecule has 0 unspecified atom stereocenters. The van der Waals surface area contributed by atoms with E-state index in [0.717, 1.165) is 11.1 Å². The van der Waals surface area contributed by atoms with Crippen LogP contribution in [0, 0.1) is 6.92 Å². The van der Waals surface area contributed by atoms with Gasteiger partial charge >= 0.3 is 5.97 Å². The van der Waals surface area contributed by atoms with E-state index in [1.807, 2.05) is 31.2 Å². The highest BCUT2D eigenvalue weighted by Crippen LogP contribution is 2.17. The fourth-order valence-electron chi connectivity index (χ4n) is 2.51. The molecule has 0 fully saturated rings. The van der Waals surface area contributed by atoms with E-state index in [1.54, 1.807) is 24.3 Å². The van der Waals surface area contributed by atoms with E-state index >= 15 is 0 Å². The number of ether oxygens (including phenoxy) is 1. The molecule has 0 spiro atoms. The van der Waals surface area contributed by atoms with Crippen molar-refractivity contribution >= 4 is 17.6 Å². The van der Waals surface area contributed by atoms with E-state index in [9.17, 15) is 9.59 Å². The molecule has 7 heteroatoms. The standard InChI is InChI=1S/C20H19N3O4/c1-13-4-3-5-15(12-13)19-22-18(27-23-19)11-10-17(24)21-16-8-6-14(7-9-16)20(25)26-2/h3-9,12H,10-11H2,1-2H3,(H,21,24). The number of aromatic nitrogens is 2. The molecule has 0 saturated heterocycles. The molecule has 1 aromatic heterocycles. The van der Waals surface area contributed by atoms with Crippen LogP contribution in [0.25, 0.3) is 11.4 Å². The summed E-state index contributed by atoms with van der Waals surface area (Å²) in [5.74, 6) is 0.306. The van der Waals surface area contributed by atoms with E-state index in [0.29, 0.717) is 29.4 Å². The Labute approximate surface area is 156 Å². The lowest BCUT2D eigenvalue weighted by molar-refractivity contribution is -0.116. The third-order valence-corrected chi connectivity index (χ3v) is 3.90. The number of amides is 1. The molecular formula is C20H19N3O4. The van der Waals surface area contributed by atoms with Crippen molar-refractivity contribution in [3.63, 3.8) is 0 Å². The van der Waals surface area contributed by atoms with Crippen LogP contribution in [0.4, 0.5) is 5.69 Å². The second-order valence-electron chi connectivity index (χ2n) is 6.00. The average molecular weight is 365 g/mol. The van der Waals surface area contributed by atoms with E-state index in [1.165, 1.54) is 7.11 Å². The summed E-state index contributed by atoms with van der Waals surface area (Å²) in [7, 11) is 1.32. The van der Waals surface area contributed by atoms with Crippen LogP contribution in [-0.4, -0.2) is 29.1 Å². The third-order valence-electron chi connectivity index (χ3n) is 3.90. The summed E-state index contributed by atoms with van der Waals surface area (Å²) in [6, 6.07) is 14.3. The number of hydrogen-bond donors (Lipinski definition) is 1. The molecule has 138 valence electrons. The minimum Gasteiger partial charge on any atom is -0.465 e. The lowest BCUT2D eigenvalue weighted by Crippen LogP contribution is -2.12. The number of aryl methyl sites for hydroxylation is 2. The zero-order valence-electron chi connectivity index (χ0n) is 15.1. The van der Waals surface area contributed by atoms with Gasteiger partial charge in [-0.2, -0.15) is 4.98 Å². The van der Waals surface area contributed by atoms with Gasteiger partial charge in [0, 0.05) is 24.1 Å². The molecule has 27 heavy (non-hydrogen) atoms. The minimum atomic E-state index is -0.423. The highest BCUT2D eigenvalue weighted by atomic mass is 16.5. The minimum absolute atomic E-state index is 0.184. The van der Waals surface area contributed by atoms with Gasteiger partial charge < -0.3 is 14.6 Å². The van der Waals surface area contributed by atoms with Crippen molar-refractivity contribution in [3.05, 3.63) is 65.5 Å². The SMILES string of the molecule is COC(=O)c1ccc(NC(=O)CCc2nc(-c3cccc(C)c3)no2)cc1. The van der Waals surface area contributed by atoms with Crippen molar-refractivity contribution in [1.29, 1.82) is 0 Å². The molecule has 1 heterocycles. The van der Waals surface area contributed by atoms with Crippen LogP contribution in [0.3, 0.4) is 0 Å². The van der Waals surface area contributed by atoms with Crippen molar-refractivity contribution in [3.8, 4) is 11.4 Å². The molecule has 0 atom stereocenters. The van der Waals surface area contributed by atoms with E-state index < -0.39 is 5.97 Å². The first-order valence-electron chi connectivity index (χ1n) is 8.43. The molecule has 2 aromatic carbocycles. The zero-order valence-corrected chi connectivity index (χ0v) is 15.1. The lowest BCUT2D eigenvalue weighted by Gasteiger charge is -2.05. The molecule has 7 nitrogen and oxygen atoms in total. The Balaban J connectivity index is 1.54. The largest absolute Gasteiger partial charge is 0.465 e. The van der Waals surface area contributed by atoms with Gasteiger partial charge in [0.2, 0.25) is 17.6 Å². The van der Waals surface area contributed by atoms with E-state index in [4.69, 9.17) is 4.52 Å². The Morgan fingerprint density at radius 1 is 1.15 bits per heavy atom. The Morgan fingerprint density at radius 3 is 2.63 bits per heavy atom. The zero-order chi connectivity index (χ0) is 19.2. The molecule has 3 aromatic rings. The molecule has 0 saturated carbocycles. The molecule has 1 N–H and O–H groups in total. The van der Waals surface area contributed by atoms with Crippen LogP contribution >= 0.6 is 0 Å². The van der Waals surface area contributed by atoms with Gasteiger partial charge in [-0.25, -0.2) is 4.79 Å². The lowest BCUT2D eigenvalue weighted by atomic mass is 10.1. The Kier molecular flexibility index (Phi) is 5.61. The predicted octanol–water partition coefficient (Wildman–Crippen LogP) is 3.40. The monoisotopic (exact) mass is 365 g/mol. The van der Waals surface area contributed by atoms with Crippen molar-refractivity contribution in [2.75, 3.05) is 12.4 Å². The average Bonchev–Trinajstić information content (AvgIpc) is 3.15. The molecule has 3 rings (SSSR count). The fraction of sp³-hybridized carbons (Fsp3) is 0.200. The van der Waals surface area contributed by atoms with Gasteiger partial charge in [0.15, 0.2) is 0 Å². The molecule has 0 radical (unpaired) electrons. The number of rotatable bonds is 6. The van der Waals surface area contributed by atoms with Crippen LogP contribution in [0.1, 0.15) is 28.2 Å². The summed E-state index contributed by atoms with van der Waals surface area (Å²) in [4.78, 5) is 27.8. The maximum Gasteiger partial charge on any atom is 0.337 e. The number of methoxy groups -OCH3 is 1. The first kappa shape index (κ1) is 18.3. The molecule has 0 aliphatic rings. The summed E-state index contributed by atoms with van der Waals surface area (Å²) < 4.78 is 9.86.